The number of carbonyl (C=O) groups excluding carboxylic acids is 2. The first-order chi connectivity index (χ1) is 12.4. The topological polar surface area (TPSA) is 57.5 Å². The Balaban J connectivity index is 2.31. The van der Waals surface area contributed by atoms with Gasteiger partial charge in [0.05, 0.1) is 18.9 Å². The minimum absolute atomic E-state index is 0.144. The van der Waals surface area contributed by atoms with Gasteiger partial charge in [0, 0.05) is 9.13 Å². The molecule has 0 bridgehead atoms. The molecule has 0 aliphatic heterocycles. The van der Waals surface area contributed by atoms with Crippen LogP contribution >= 0.6 is 22.6 Å². The van der Waals surface area contributed by atoms with Crippen LogP contribution < -0.4 is 0 Å². The number of halogens is 1. The van der Waals surface area contributed by atoms with Gasteiger partial charge in [-0.05, 0) is 53.3 Å². The van der Waals surface area contributed by atoms with Crippen LogP contribution in [0.3, 0.4) is 0 Å². The fourth-order valence-electron chi connectivity index (χ4n) is 2.86. The van der Waals surface area contributed by atoms with Crippen molar-refractivity contribution in [2.45, 2.75) is 20.0 Å². The van der Waals surface area contributed by atoms with Gasteiger partial charge in [-0.15, -0.1) is 0 Å². The van der Waals surface area contributed by atoms with Gasteiger partial charge in [-0.1, -0.05) is 42.5 Å². The molecule has 3 rings (SSSR count). The average Bonchev–Trinajstić information content (AvgIpc) is 2.97. The molecule has 0 radical (unpaired) electrons. The summed E-state index contributed by atoms with van der Waals surface area (Å²) in [6.07, 6.45) is -0.917. The second-order valence-electron chi connectivity index (χ2n) is 6.01. The number of fused-ring (bicyclic) bond motifs is 1. The van der Waals surface area contributed by atoms with Gasteiger partial charge >= 0.3 is 12.1 Å². The van der Waals surface area contributed by atoms with E-state index in [0.717, 1.165) is 19.9 Å². The molecular weight excluding hydrogens is 445 g/mol. The summed E-state index contributed by atoms with van der Waals surface area (Å²) < 4.78 is 12.3. The molecule has 1 heterocycles. The van der Waals surface area contributed by atoms with E-state index in [4.69, 9.17) is 9.47 Å². The summed E-state index contributed by atoms with van der Waals surface area (Å²) in [6.45, 7) is 3.53. The lowest BCUT2D eigenvalue weighted by Crippen LogP contribution is -2.23. The first kappa shape index (κ1) is 18.4. The minimum atomic E-state index is -0.605. The maximum absolute atomic E-state index is 12.8. The standard InChI is InChI=1S/C20H18INO4/c1-12(2)26-20(24)22-17(19(23)25-3)11-16(21)18(22)15-10-6-8-13-7-4-5-9-14(13)15/h4-12H,1-3H3. The van der Waals surface area contributed by atoms with Crippen LogP contribution in [0.15, 0.2) is 48.5 Å². The Kier molecular flexibility index (Phi) is 5.31. The van der Waals surface area contributed by atoms with Crippen molar-refractivity contribution in [3.8, 4) is 11.3 Å². The summed E-state index contributed by atoms with van der Waals surface area (Å²) in [5.41, 5.74) is 1.61. The highest BCUT2D eigenvalue weighted by Crippen LogP contribution is 2.34. The minimum Gasteiger partial charge on any atom is -0.464 e. The predicted molar refractivity (Wildman–Crippen MR) is 108 cm³/mol. The maximum atomic E-state index is 12.8. The van der Waals surface area contributed by atoms with Crippen LogP contribution in [0.4, 0.5) is 4.79 Å². The maximum Gasteiger partial charge on any atom is 0.419 e. The largest absolute Gasteiger partial charge is 0.464 e. The number of esters is 1. The van der Waals surface area contributed by atoms with Crippen LogP contribution in [0.1, 0.15) is 24.3 Å². The molecule has 0 amide bonds. The van der Waals surface area contributed by atoms with Gasteiger partial charge in [0.1, 0.15) is 5.69 Å². The lowest BCUT2D eigenvalue weighted by molar-refractivity contribution is 0.0582. The number of rotatable bonds is 3. The molecule has 0 fully saturated rings. The molecule has 0 saturated carbocycles. The molecule has 3 aromatic rings. The van der Waals surface area contributed by atoms with Gasteiger partial charge in [-0.3, -0.25) is 0 Å². The fraction of sp³-hybridized carbons (Fsp3) is 0.200. The lowest BCUT2D eigenvalue weighted by Gasteiger charge is -2.15. The number of carbonyl (C=O) groups is 2. The third-order valence-corrected chi connectivity index (χ3v) is 4.73. The molecule has 0 spiro atoms. The number of nitrogens with zero attached hydrogens (tertiary/aromatic N) is 1. The molecule has 5 nitrogen and oxygen atoms in total. The summed E-state index contributed by atoms with van der Waals surface area (Å²) in [6, 6.07) is 15.4. The Morgan fingerprint density at radius 1 is 1.08 bits per heavy atom. The molecule has 26 heavy (non-hydrogen) atoms. The Hall–Kier alpha value is -2.35. The van der Waals surface area contributed by atoms with Gasteiger partial charge in [0.15, 0.2) is 0 Å². The lowest BCUT2D eigenvalue weighted by atomic mass is 10.0. The molecule has 0 saturated heterocycles. The predicted octanol–water partition coefficient (Wildman–Crippen LogP) is 5.09. The van der Waals surface area contributed by atoms with E-state index >= 15 is 0 Å². The van der Waals surface area contributed by atoms with Crippen LogP contribution in [-0.4, -0.2) is 29.8 Å². The Morgan fingerprint density at radius 3 is 2.46 bits per heavy atom. The molecule has 0 atom stereocenters. The van der Waals surface area contributed by atoms with Crippen molar-refractivity contribution in [1.29, 1.82) is 0 Å². The summed E-state index contributed by atoms with van der Waals surface area (Å²) in [5, 5.41) is 2.03. The van der Waals surface area contributed by atoms with Crippen molar-refractivity contribution >= 4 is 45.4 Å². The summed E-state index contributed by atoms with van der Waals surface area (Å²) in [5.74, 6) is -0.588. The number of ether oxygens (including phenoxy) is 2. The van der Waals surface area contributed by atoms with Crippen LogP contribution in [0.25, 0.3) is 22.0 Å². The van der Waals surface area contributed by atoms with Crippen LogP contribution in [-0.2, 0) is 9.47 Å². The molecule has 0 unspecified atom stereocenters. The zero-order valence-electron chi connectivity index (χ0n) is 14.7. The van der Waals surface area contributed by atoms with Crippen molar-refractivity contribution < 1.29 is 19.1 Å². The Morgan fingerprint density at radius 2 is 1.77 bits per heavy atom. The van der Waals surface area contributed by atoms with Gasteiger partial charge in [-0.25, -0.2) is 14.2 Å². The third-order valence-electron chi connectivity index (χ3n) is 3.91. The second-order valence-corrected chi connectivity index (χ2v) is 7.17. The van der Waals surface area contributed by atoms with E-state index in [9.17, 15) is 9.59 Å². The highest BCUT2D eigenvalue weighted by atomic mass is 127. The number of aromatic nitrogens is 1. The van der Waals surface area contributed by atoms with Crippen molar-refractivity contribution in [3.05, 3.63) is 57.8 Å². The molecular formula is C20H18INO4. The first-order valence-corrected chi connectivity index (χ1v) is 9.20. The third kappa shape index (κ3) is 3.33. The van der Waals surface area contributed by atoms with E-state index < -0.39 is 12.1 Å². The van der Waals surface area contributed by atoms with E-state index in [1.807, 2.05) is 42.5 Å². The molecule has 134 valence electrons. The quantitative estimate of drug-likeness (QED) is 0.401. The highest BCUT2D eigenvalue weighted by Gasteiger charge is 2.27. The van der Waals surface area contributed by atoms with E-state index in [1.54, 1.807) is 19.9 Å². The van der Waals surface area contributed by atoms with E-state index in [2.05, 4.69) is 22.6 Å². The first-order valence-electron chi connectivity index (χ1n) is 8.12. The fourth-order valence-corrected chi connectivity index (χ4v) is 3.69. The van der Waals surface area contributed by atoms with Gasteiger partial charge in [0.25, 0.3) is 0 Å². The number of hydrogen-bond donors (Lipinski definition) is 0. The Labute approximate surface area is 165 Å². The van der Waals surface area contributed by atoms with Gasteiger partial charge < -0.3 is 9.47 Å². The van der Waals surface area contributed by atoms with E-state index in [1.165, 1.54) is 11.7 Å². The van der Waals surface area contributed by atoms with E-state index in [0.29, 0.717) is 5.69 Å². The molecule has 0 N–H and O–H groups in total. The summed E-state index contributed by atoms with van der Waals surface area (Å²) in [7, 11) is 1.29. The van der Waals surface area contributed by atoms with Crippen molar-refractivity contribution in [1.82, 2.24) is 4.57 Å². The summed E-state index contributed by atoms with van der Waals surface area (Å²) in [4.78, 5) is 25.0. The van der Waals surface area contributed by atoms with Crippen molar-refractivity contribution in [3.63, 3.8) is 0 Å². The summed E-state index contributed by atoms with van der Waals surface area (Å²) >= 11 is 2.12. The number of benzene rings is 2. The van der Waals surface area contributed by atoms with Gasteiger partial charge in [0.2, 0.25) is 0 Å². The van der Waals surface area contributed by atoms with Crippen LogP contribution in [0.5, 0.6) is 0 Å². The Bertz CT molecular complexity index is 985. The normalized spacial score (nSPS) is 11.0. The molecule has 2 aromatic carbocycles. The molecule has 0 aliphatic rings. The molecule has 1 aromatic heterocycles. The second kappa shape index (κ2) is 7.49. The monoisotopic (exact) mass is 463 g/mol. The SMILES string of the molecule is COC(=O)c1cc(I)c(-c2cccc3ccccc23)n1C(=O)OC(C)C. The van der Waals surface area contributed by atoms with E-state index in [-0.39, 0.29) is 11.8 Å². The zero-order valence-corrected chi connectivity index (χ0v) is 16.8. The van der Waals surface area contributed by atoms with Crippen molar-refractivity contribution in [2.24, 2.45) is 0 Å². The molecule has 0 aliphatic carbocycles. The smallest absolute Gasteiger partial charge is 0.419 e. The average molecular weight is 463 g/mol. The highest BCUT2D eigenvalue weighted by molar-refractivity contribution is 14.1. The number of hydrogen-bond acceptors (Lipinski definition) is 4. The van der Waals surface area contributed by atoms with Gasteiger partial charge in [-0.2, -0.15) is 0 Å². The van der Waals surface area contributed by atoms with Crippen molar-refractivity contribution in [2.75, 3.05) is 7.11 Å². The number of methoxy groups -OCH3 is 1. The van der Waals surface area contributed by atoms with Crippen LogP contribution in [0.2, 0.25) is 0 Å². The molecule has 6 heteroatoms. The zero-order chi connectivity index (χ0) is 18.8. The van der Waals surface area contributed by atoms with Crippen LogP contribution in [0, 0.1) is 3.57 Å².